The van der Waals surface area contributed by atoms with Gasteiger partial charge in [-0.05, 0) is 51.1 Å². The van der Waals surface area contributed by atoms with Crippen LogP contribution in [0.2, 0.25) is 0 Å². The summed E-state index contributed by atoms with van der Waals surface area (Å²) >= 11 is 0. The second kappa shape index (κ2) is 9.13. The summed E-state index contributed by atoms with van der Waals surface area (Å²) in [5, 5.41) is 5.84. The molecule has 0 fully saturated rings. The number of nitrogens with one attached hydrogen (secondary N) is 2. The van der Waals surface area contributed by atoms with Crippen molar-refractivity contribution >= 4 is 17.5 Å². The van der Waals surface area contributed by atoms with E-state index in [2.05, 4.69) is 17.6 Å². The van der Waals surface area contributed by atoms with Crippen molar-refractivity contribution < 1.29 is 9.59 Å². The van der Waals surface area contributed by atoms with Gasteiger partial charge in [0.15, 0.2) is 0 Å². The Morgan fingerprint density at radius 3 is 2.19 bits per heavy atom. The van der Waals surface area contributed by atoms with Gasteiger partial charge in [-0.2, -0.15) is 0 Å². The maximum Gasteiger partial charge on any atom is 0.253 e. The van der Waals surface area contributed by atoms with Crippen LogP contribution >= 0.6 is 0 Å². The van der Waals surface area contributed by atoms with Crippen LogP contribution in [0.25, 0.3) is 0 Å². The van der Waals surface area contributed by atoms with Crippen LogP contribution in [-0.2, 0) is 4.79 Å². The molecule has 0 saturated carbocycles. The van der Waals surface area contributed by atoms with Gasteiger partial charge in [-0.1, -0.05) is 6.92 Å². The van der Waals surface area contributed by atoms with Gasteiger partial charge in [0.25, 0.3) is 5.91 Å². The lowest BCUT2D eigenvalue weighted by atomic mass is 10.1. The van der Waals surface area contributed by atoms with Crippen molar-refractivity contribution in [2.45, 2.75) is 27.2 Å². The summed E-state index contributed by atoms with van der Waals surface area (Å²) in [6, 6.07) is 7.01. The second-order valence-electron chi connectivity index (χ2n) is 4.78. The molecular formula is C16H25N3O2. The molecule has 0 spiro atoms. The van der Waals surface area contributed by atoms with Gasteiger partial charge < -0.3 is 15.5 Å². The zero-order chi connectivity index (χ0) is 15.7. The summed E-state index contributed by atoms with van der Waals surface area (Å²) < 4.78 is 0. The monoisotopic (exact) mass is 291 g/mol. The summed E-state index contributed by atoms with van der Waals surface area (Å²) in [5.74, 6) is -0.0613. The minimum Gasteiger partial charge on any atom is -0.339 e. The first-order valence-electron chi connectivity index (χ1n) is 7.52. The summed E-state index contributed by atoms with van der Waals surface area (Å²) in [4.78, 5) is 25.6. The highest BCUT2D eigenvalue weighted by Gasteiger charge is 2.12. The Kier molecular flexibility index (Phi) is 7.46. The van der Waals surface area contributed by atoms with E-state index in [1.807, 2.05) is 13.8 Å². The van der Waals surface area contributed by atoms with Crippen molar-refractivity contribution in [2.75, 3.05) is 31.5 Å². The van der Waals surface area contributed by atoms with Gasteiger partial charge >= 0.3 is 0 Å². The molecule has 0 bridgehead atoms. The first kappa shape index (κ1) is 17.2. The van der Waals surface area contributed by atoms with E-state index < -0.39 is 0 Å². The third kappa shape index (κ3) is 5.55. The van der Waals surface area contributed by atoms with Crippen LogP contribution in [-0.4, -0.2) is 42.9 Å². The molecule has 0 saturated heterocycles. The van der Waals surface area contributed by atoms with E-state index in [0.29, 0.717) is 30.9 Å². The Hall–Kier alpha value is -1.88. The predicted octanol–water partition coefficient (Wildman–Crippen LogP) is 2.11. The van der Waals surface area contributed by atoms with Crippen molar-refractivity contribution in [1.82, 2.24) is 10.2 Å². The minimum atomic E-state index is -0.0775. The van der Waals surface area contributed by atoms with E-state index in [-0.39, 0.29) is 11.8 Å². The zero-order valence-electron chi connectivity index (χ0n) is 13.1. The summed E-state index contributed by atoms with van der Waals surface area (Å²) in [5.41, 5.74) is 1.34. The van der Waals surface area contributed by atoms with Gasteiger partial charge in [0.1, 0.15) is 0 Å². The fourth-order valence-corrected chi connectivity index (χ4v) is 1.97. The Morgan fingerprint density at radius 1 is 1.05 bits per heavy atom. The third-order valence-electron chi connectivity index (χ3n) is 3.18. The highest BCUT2D eigenvalue weighted by Crippen LogP contribution is 2.11. The van der Waals surface area contributed by atoms with Crippen molar-refractivity contribution in [2.24, 2.45) is 0 Å². The van der Waals surface area contributed by atoms with Crippen molar-refractivity contribution in [1.29, 1.82) is 0 Å². The molecule has 0 aliphatic heterocycles. The van der Waals surface area contributed by atoms with E-state index in [0.717, 1.165) is 13.0 Å². The standard InChI is InChI=1S/C16H25N3O2/c1-4-11-17-12-15(20)18-14-9-7-13(8-10-14)16(21)19(5-2)6-3/h7-10,17H,4-6,11-12H2,1-3H3,(H,18,20). The second-order valence-corrected chi connectivity index (χ2v) is 4.78. The lowest BCUT2D eigenvalue weighted by Gasteiger charge is -2.18. The average Bonchev–Trinajstić information content (AvgIpc) is 2.49. The van der Waals surface area contributed by atoms with Crippen LogP contribution in [0.15, 0.2) is 24.3 Å². The van der Waals surface area contributed by atoms with Crippen LogP contribution in [0.4, 0.5) is 5.69 Å². The quantitative estimate of drug-likeness (QED) is 0.721. The Balaban J connectivity index is 2.57. The van der Waals surface area contributed by atoms with Crippen LogP contribution in [0.5, 0.6) is 0 Å². The Labute approximate surface area is 126 Å². The number of carbonyl (C=O) groups is 2. The van der Waals surface area contributed by atoms with Crippen LogP contribution in [0.1, 0.15) is 37.6 Å². The molecule has 0 atom stereocenters. The molecular weight excluding hydrogens is 266 g/mol. The molecule has 1 aromatic rings. The maximum atomic E-state index is 12.1. The molecule has 0 heterocycles. The molecule has 0 aliphatic rings. The zero-order valence-corrected chi connectivity index (χ0v) is 13.1. The van der Waals surface area contributed by atoms with Crippen LogP contribution < -0.4 is 10.6 Å². The molecule has 2 N–H and O–H groups in total. The molecule has 2 amide bonds. The van der Waals surface area contributed by atoms with Gasteiger partial charge in [0.05, 0.1) is 6.54 Å². The van der Waals surface area contributed by atoms with Crippen molar-refractivity contribution in [3.63, 3.8) is 0 Å². The van der Waals surface area contributed by atoms with E-state index in [9.17, 15) is 9.59 Å². The number of hydrogen-bond donors (Lipinski definition) is 2. The van der Waals surface area contributed by atoms with Crippen LogP contribution in [0, 0.1) is 0 Å². The predicted molar refractivity (Wildman–Crippen MR) is 85.5 cm³/mol. The largest absolute Gasteiger partial charge is 0.339 e. The van der Waals surface area contributed by atoms with Crippen molar-refractivity contribution in [3.8, 4) is 0 Å². The van der Waals surface area contributed by atoms with Gasteiger partial charge in [-0.15, -0.1) is 0 Å². The van der Waals surface area contributed by atoms with Gasteiger partial charge in [-0.25, -0.2) is 0 Å². The molecule has 5 nitrogen and oxygen atoms in total. The molecule has 0 aliphatic carbocycles. The summed E-state index contributed by atoms with van der Waals surface area (Å²) in [7, 11) is 0. The van der Waals surface area contributed by atoms with E-state index >= 15 is 0 Å². The number of nitrogens with zero attached hydrogens (tertiary/aromatic N) is 1. The average molecular weight is 291 g/mol. The number of carbonyl (C=O) groups excluding carboxylic acids is 2. The fourth-order valence-electron chi connectivity index (χ4n) is 1.97. The molecule has 116 valence electrons. The smallest absolute Gasteiger partial charge is 0.253 e. The van der Waals surface area contributed by atoms with E-state index in [1.54, 1.807) is 29.2 Å². The Bertz CT molecular complexity index is 453. The number of benzene rings is 1. The first-order chi connectivity index (χ1) is 10.1. The highest BCUT2D eigenvalue weighted by molar-refractivity contribution is 5.96. The fraction of sp³-hybridized carbons (Fsp3) is 0.500. The van der Waals surface area contributed by atoms with Gasteiger partial charge in [-0.3, -0.25) is 9.59 Å². The number of rotatable bonds is 8. The van der Waals surface area contributed by atoms with Gasteiger partial charge in [0.2, 0.25) is 5.91 Å². The lowest BCUT2D eigenvalue weighted by molar-refractivity contribution is -0.115. The van der Waals surface area contributed by atoms with Crippen molar-refractivity contribution in [3.05, 3.63) is 29.8 Å². The lowest BCUT2D eigenvalue weighted by Crippen LogP contribution is -2.30. The molecule has 0 radical (unpaired) electrons. The van der Waals surface area contributed by atoms with E-state index in [1.165, 1.54) is 0 Å². The first-order valence-corrected chi connectivity index (χ1v) is 7.52. The summed E-state index contributed by atoms with van der Waals surface area (Å²) in [6.45, 7) is 8.47. The normalized spacial score (nSPS) is 10.2. The Morgan fingerprint density at radius 2 is 1.67 bits per heavy atom. The number of amides is 2. The molecule has 0 aromatic heterocycles. The third-order valence-corrected chi connectivity index (χ3v) is 3.18. The number of hydrogen-bond acceptors (Lipinski definition) is 3. The molecule has 1 aromatic carbocycles. The number of anilines is 1. The SMILES string of the molecule is CCCNCC(=O)Nc1ccc(C(=O)N(CC)CC)cc1. The minimum absolute atomic E-state index is 0.0162. The molecule has 0 unspecified atom stereocenters. The topological polar surface area (TPSA) is 61.4 Å². The molecule has 21 heavy (non-hydrogen) atoms. The summed E-state index contributed by atoms with van der Waals surface area (Å²) in [6.07, 6.45) is 0.995. The molecule has 5 heteroatoms. The maximum absolute atomic E-state index is 12.1. The van der Waals surface area contributed by atoms with Crippen LogP contribution in [0.3, 0.4) is 0 Å². The van der Waals surface area contributed by atoms with E-state index in [4.69, 9.17) is 0 Å². The van der Waals surface area contributed by atoms with Gasteiger partial charge in [0, 0.05) is 24.3 Å². The highest BCUT2D eigenvalue weighted by atomic mass is 16.2. The molecule has 1 rings (SSSR count).